The van der Waals surface area contributed by atoms with Gasteiger partial charge in [0.2, 0.25) is 0 Å². The summed E-state index contributed by atoms with van der Waals surface area (Å²) >= 11 is 0. The van der Waals surface area contributed by atoms with Gasteiger partial charge in [-0.15, -0.1) is 0 Å². The lowest BCUT2D eigenvalue weighted by molar-refractivity contribution is 1.24. The normalized spacial score (nSPS) is 11.4. The number of rotatable bonds is 14. The third-order valence-corrected chi connectivity index (χ3v) is 17.2. The molecule has 0 heterocycles. The second-order valence-electron chi connectivity index (χ2n) is 22.5. The first-order valence-corrected chi connectivity index (χ1v) is 30.1. The van der Waals surface area contributed by atoms with Crippen LogP contribution in [0.25, 0.3) is 76.1 Å². The highest BCUT2D eigenvalue weighted by Crippen LogP contribution is 2.50. The van der Waals surface area contributed by atoms with E-state index in [0.29, 0.717) is 0 Å². The van der Waals surface area contributed by atoms with Gasteiger partial charge in [-0.05, 0) is 169 Å². The van der Waals surface area contributed by atoms with Gasteiger partial charge >= 0.3 is 0 Å². The van der Waals surface area contributed by atoms with E-state index in [0.717, 1.165) is 95.7 Å². The van der Waals surface area contributed by atoms with Gasteiger partial charge in [0.1, 0.15) is 0 Å². The standard InChI is InChI=1S/C84H58N4/c1-5-22-59(23-6-1)61-46-50-70(51-47-61)85(71-36-20-37-72(56-71)87(69-34-11-4-12-35-69)82-53-49-66-45-44-64-30-17-31-65-48-52-79(82)84(66)83(64)65)75-54-67(60-24-7-2-8-25-60)55-76(58-75)88(81-43-19-29-63-27-14-16-41-78(63)81)74-39-21-38-73(57-74)86(68-32-9-3-10-33-68)80-42-18-28-62-26-13-15-40-77(62)80/h1-58H. The van der Waals surface area contributed by atoms with Crippen LogP contribution in [0.3, 0.4) is 0 Å². The summed E-state index contributed by atoms with van der Waals surface area (Å²) in [6, 6.07) is 128. The highest BCUT2D eigenvalue weighted by atomic mass is 15.2. The monoisotopic (exact) mass is 1120 g/mol. The van der Waals surface area contributed by atoms with E-state index in [1.807, 2.05) is 0 Å². The lowest BCUT2D eigenvalue weighted by Gasteiger charge is -2.33. The van der Waals surface area contributed by atoms with Crippen LogP contribution in [0.4, 0.5) is 68.2 Å². The molecule has 0 N–H and O–H groups in total. The van der Waals surface area contributed by atoms with Crippen molar-refractivity contribution in [2.24, 2.45) is 0 Å². The molecule has 0 bridgehead atoms. The Kier molecular flexibility index (Phi) is 13.2. The van der Waals surface area contributed by atoms with Crippen LogP contribution >= 0.6 is 0 Å². The Balaban J connectivity index is 0.928. The molecule has 16 aromatic carbocycles. The molecule has 88 heavy (non-hydrogen) atoms. The van der Waals surface area contributed by atoms with Crippen molar-refractivity contribution in [2.75, 3.05) is 19.6 Å². The van der Waals surface area contributed by atoms with E-state index in [4.69, 9.17) is 0 Å². The predicted octanol–water partition coefficient (Wildman–Crippen LogP) is 24.1. The van der Waals surface area contributed by atoms with Gasteiger partial charge in [-0.1, -0.05) is 243 Å². The van der Waals surface area contributed by atoms with Crippen molar-refractivity contribution >= 4 is 122 Å². The van der Waals surface area contributed by atoms with E-state index in [-0.39, 0.29) is 0 Å². The van der Waals surface area contributed by atoms with E-state index in [1.54, 1.807) is 0 Å². The molecule has 0 radical (unpaired) electrons. The smallest absolute Gasteiger partial charge is 0.0540 e. The van der Waals surface area contributed by atoms with Crippen LogP contribution in [0, 0.1) is 0 Å². The molecule has 0 fully saturated rings. The highest BCUT2D eigenvalue weighted by Gasteiger charge is 2.25. The predicted molar refractivity (Wildman–Crippen MR) is 375 cm³/mol. The summed E-state index contributed by atoms with van der Waals surface area (Å²) in [4.78, 5) is 9.74. The molecule has 4 nitrogen and oxygen atoms in total. The van der Waals surface area contributed by atoms with Gasteiger partial charge in [0.05, 0.1) is 17.1 Å². The zero-order valence-corrected chi connectivity index (χ0v) is 48.3. The van der Waals surface area contributed by atoms with Gasteiger partial charge in [0, 0.05) is 67.3 Å². The Morgan fingerprint density at radius 1 is 0.148 bits per heavy atom. The van der Waals surface area contributed by atoms with Crippen molar-refractivity contribution in [1.29, 1.82) is 0 Å². The average Bonchev–Trinajstić information content (AvgIpc) is 1.35. The van der Waals surface area contributed by atoms with Gasteiger partial charge in [-0.2, -0.15) is 0 Å². The number of anilines is 12. The van der Waals surface area contributed by atoms with Crippen molar-refractivity contribution in [1.82, 2.24) is 0 Å². The van der Waals surface area contributed by atoms with E-state index in [2.05, 4.69) is 371 Å². The third-order valence-electron chi connectivity index (χ3n) is 17.2. The molecule has 0 spiro atoms. The lowest BCUT2D eigenvalue weighted by atomic mass is 9.93. The summed E-state index contributed by atoms with van der Waals surface area (Å²) in [5.74, 6) is 0. The van der Waals surface area contributed by atoms with Gasteiger partial charge in [0.15, 0.2) is 0 Å². The van der Waals surface area contributed by atoms with Crippen molar-refractivity contribution < 1.29 is 0 Å². The second-order valence-corrected chi connectivity index (χ2v) is 22.5. The van der Waals surface area contributed by atoms with Crippen LogP contribution in [0.5, 0.6) is 0 Å². The molecule has 0 saturated heterocycles. The maximum absolute atomic E-state index is 2.46. The molecular weight excluding hydrogens is 1060 g/mol. The maximum Gasteiger partial charge on any atom is 0.0540 e. The van der Waals surface area contributed by atoms with Crippen molar-refractivity contribution in [3.8, 4) is 22.3 Å². The maximum atomic E-state index is 2.46. The van der Waals surface area contributed by atoms with Gasteiger partial charge < -0.3 is 19.6 Å². The Labute approximate surface area is 512 Å². The molecule has 0 unspecified atom stereocenters. The van der Waals surface area contributed by atoms with Gasteiger partial charge in [-0.3, -0.25) is 0 Å². The fourth-order valence-electron chi connectivity index (χ4n) is 13.2. The van der Waals surface area contributed by atoms with Crippen LogP contribution in [-0.2, 0) is 0 Å². The Morgan fingerprint density at radius 3 is 1.02 bits per heavy atom. The minimum absolute atomic E-state index is 0.998. The number of para-hydroxylation sites is 2. The van der Waals surface area contributed by atoms with E-state index < -0.39 is 0 Å². The number of hydrogen-bond donors (Lipinski definition) is 0. The van der Waals surface area contributed by atoms with Crippen LogP contribution in [0.1, 0.15) is 0 Å². The molecule has 0 aromatic heterocycles. The van der Waals surface area contributed by atoms with Crippen LogP contribution in [0.2, 0.25) is 0 Å². The molecule has 0 aliphatic heterocycles. The Bertz CT molecular complexity index is 5140. The second kappa shape index (κ2) is 22.4. The van der Waals surface area contributed by atoms with Crippen LogP contribution in [-0.4, -0.2) is 0 Å². The molecule has 0 amide bonds. The fraction of sp³-hybridized carbons (Fsp3) is 0. The average molecular weight is 1120 g/mol. The number of hydrogen-bond acceptors (Lipinski definition) is 4. The highest BCUT2D eigenvalue weighted by molar-refractivity contribution is 6.26. The molecule has 0 aliphatic carbocycles. The zero-order valence-electron chi connectivity index (χ0n) is 48.3. The van der Waals surface area contributed by atoms with Crippen molar-refractivity contribution in [3.05, 3.63) is 352 Å². The van der Waals surface area contributed by atoms with Crippen LogP contribution < -0.4 is 19.6 Å². The Hall–Kier alpha value is -11.7. The lowest BCUT2D eigenvalue weighted by Crippen LogP contribution is -2.16. The summed E-state index contributed by atoms with van der Waals surface area (Å²) in [7, 11) is 0. The van der Waals surface area contributed by atoms with E-state index in [9.17, 15) is 0 Å². The molecule has 4 heteroatoms. The molecule has 0 saturated carbocycles. The number of nitrogens with zero attached hydrogens (tertiary/aromatic N) is 4. The SMILES string of the molecule is c1ccc(-c2ccc(N(c3cc(-c4ccccc4)cc(N(c4cccc(N(c5ccccc5)c5cccc6ccccc56)c4)c4cccc5ccccc45)c3)c3cccc(N(c4ccccc4)c4ccc5ccc6cccc7ccc4c5c67)c3)cc2)cc1. The zero-order chi connectivity index (χ0) is 58.3. The van der Waals surface area contributed by atoms with Crippen LogP contribution in [0.15, 0.2) is 352 Å². The topological polar surface area (TPSA) is 13.0 Å². The first-order chi connectivity index (χ1) is 43.6. The van der Waals surface area contributed by atoms with Gasteiger partial charge in [0.25, 0.3) is 0 Å². The molecule has 16 rings (SSSR count). The van der Waals surface area contributed by atoms with Crippen molar-refractivity contribution in [3.63, 3.8) is 0 Å². The molecule has 0 aliphatic rings. The molecule has 16 aromatic rings. The van der Waals surface area contributed by atoms with Gasteiger partial charge in [-0.25, -0.2) is 0 Å². The first-order valence-electron chi connectivity index (χ1n) is 30.1. The summed E-state index contributed by atoms with van der Waals surface area (Å²) in [5, 5.41) is 12.2. The Morgan fingerprint density at radius 2 is 0.477 bits per heavy atom. The molecular formula is C84H58N4. The first kappa shape index (κ1) is 51.9. The van der Waals surface area contributed by atoms with Crippen molar-refractivity contribution in [2.45, 2.75) is 0 Å². The quantitative estimate of drug-likeness (QED) is 0.101. The third kappa shape index (κ3) is 9.47. The summed E-state index contributed by atoms with van der Waals surface area (Å²) in [6.07, 6.45) is 0. The largest absolute Gasteiger partial charge is 0.310 e. The number of fused-ring (bicyclic) bond motifs is 2. The minimum Gasteiger partial charge on any atom is -0.310 e. The van der Waals surface area contributed by atoms with E-state index >= 15 is 0 Å². The summed E-state index contributed by atoms with van der Waals surface area (Å²) in [5.41, 5.74) is 17.0. The fourth-order valence-corrected chi connectivity index (χ4v) is 13.2. The van der Waals surface area contributed by atoms with E-state index in [1.165, 1.54) is 48.7 Å². The molecule has 414 valence electrons. The summed E-state index contributed by atoms with van der Waals surface area (Å²) in [6.45, 7) is 0. The summed E-state index contributed by atoms with van der Waals surface area (Å²) < 4.78 is 0. The molecule has 0 atom stereocenters. The number of benzene rings is 16. The minimum atomic E-state index is 0.998.